The minimum atomic E-state index is 0. The summed E-state index contributed by atoms with van der Waals surface area (Å²) in [5, 5.41) is 3.99. The van der Waals surface area contributed by atoms with Gasteiger partial charge in [-0.2, -0.15) is 0 Å². The monoisotopic (exact) mass is 392 g/mol. The highest BCUT2D eigenvalue weighted by Gasteiger charge is 2.46. The van der Waals surface area contributed by atoms with Crippen LogP contribution in [0.5, 0.6) is 5.75 Å². The predicted molar refractivity (Wildman–Crippen MR) is 105 cm³/mol. The van der Waals surface area contributed by atoms with Crippen molar-refractivity contribution in [2.45, 2.75) is 6.04 Å². The Hall–Kier alpha value is -1.75. The maximum atomic E-state index is 13.3. The maximum Gasteiger partial charge on any atom is 0.254 e. The molecule has 4 rings (SSSR count). The number of rotatable bonds is 3. The van der Waals surface area contributed by atoms with Crippen molar-refractivity contribution in [3.05, 3.63) is 64.7 Å². The second-order valence-corrected chi connectivity index (χ2v) is 7.21. The Bertz CT molecular complexity index is 785. The summed E-state index contributed by atoms with van der Waals surface area (Å²) in [7, 11) is 1.58. The smallest absolute Gasteiger partial charge is 0.254 e. The van der Waals surface area contributed by atoms with Crippen LogP contribution >= 0.6 is 24.0 Å². The zero-order valence-electron chi connectivity index (χ0n) is 14.5. The van der Waals surface area contributed by atoms with Crippen LogP contribution in [0, 0.1) is 11.8 Å². The fourth-order valence-electron chi connectivity index (χ4n) is 4.18. The van der Waals surface area contributed by atoms with Crippen molar-refractivity contribution in [3.63, 3.8) is 0 Å². The van der Waals surface area contributed by atoms with Gasteiger partial charge >= 0.3 is 0 Å². The van der Waals surface area contributed by atoms with E-state index in [4.69, 9.17) is 16.3 Å². The van der Waals surface area contributed by atoms with E-state index in [1.165, 1.54) is 5.56 Å². The van der Waals surface area contributed by atoms with E-state index in [-0.39, 0.29) is 24.4 Å². The number of amides is 1. The molecule has 2 aliphatic heterocycles. The normalized spacial score (nSPS) is 24.1. The number of nitrogens with one attached hydrogen (secondary N) is 1. The van der Waals surface area contributed by atoms with E-state index in [1.54, 1.807) is 25.3 Å². The third kappa shape index (κ3) is 3.41. The molecule has 4 nitrogen and oxygen atoms in total. The van der Waals surface area contributed by atoms with Gasteiger partial charge in [-0.05, 0) is 29.7 Å². The third-order valence-corrected chi connectivity index (χ3v) is 5.54. The number of hydrogen-bond donors (Lipinski definition) is 1. The molecule has 6 heteroatoms. The Balaban J connectivity index is 0.00000196. The van der Waals surface area contributed by atoms with Gasteiger partial charge < -0.3 is 15.0 Å². The van der Waals surface area contributed by atoms with E-state index in [9.17, 15) is 4.79 Å². The zero-order chi connectivity index (χ0) is 17.4. The first kappa shape index (κ1) is 19.0. The largest absolute Gasteiger partial charge is 0.497 e. The number of nitrogens with zero attached hydrogens (tertiary/aromatic N) is 1. The van der Waals surface area contributed by atoms with Crippen LogP contribution in [0.2, 0.25) is 5.02 Å². The molecule has 138 valence electrons. The summed E-state index contributed by atoms with van der Waals surface area (Å²) in [6.45, 7) is 2.69. The van der Waals surface area contributed by atoms with Crippen molar-refractivity contribution in [2.75, 3.05) is 26.7 Å². The van der Waals surface area contributed by atoms with Crippen molar-refractivity contribution >= 4 is 29.9 Å². The number of ether oxygens (including phenoxy) is 1. The topological polar surface area (TPSA) is 41.6 Å². The van der Waals surface area contributed by atoms with Crippen molar-refractivity contribution in [1.29, 1.82) is 0 Å². The molecule has 0 aromatic heterocycles. The first-order valence-corrected chi connectivity index (χ1v) is 8.96. The minimum absolute atomic E-state index is 0. The number of halogens is 2. The van der Waals surface area contributed by atoms with Gasteiger partial charge in [-0.1, -0.05) is 41.9 Å². The average molecular weight is 393 g/mol. The number of benzene rings is 2. The molecule has 1 N–H and O–H groups in total. The number of carbonyl (C=O) groups is 1. The van der Waals surface area contributed by atoms with Gasteiger partial charge in [0.2, 0.25) is 0 Å². The maximum absolute atomic E-state index is 13.3. The molecule has 0 spiro atoms. The van der Waals surface area contributed by atoms with Crippen LogP contribution in [0.1, 0.15) is 22.0 Å². The van der Waals surface area contributed by atoms with Crippen LogP contribution in [0.3, 0.4) is 0 Å². The molecule has 2 fully saturated rings. The van der Waals surface area contributed by atoms with E-state index < -0.39 is 0 Å². The lowest BCUT2D eigenvalue weighted by molar-refractivity contribution is 0.0713. The summed E-state index contributed by atoms with van der Waals surface area (Å²) in [6.07, 6.45) is 0. The van der Waals surface area contributed by atoms with Gasteiger partial charge in [-0.15, -0.1) is 12.4 Å². The standard InChI is InChI=1S/C20H21ClN2O2.ClH/c1-25-17-8-14(7-16(21)9-17)20(24)23-12-15-10-22-11-18(15)19(23)13-5-3-2-4-6-13;/h2-9,15,18-19,22H,10-12H2,1H3;1H/t15-,18-,19-;/m0./s1. The molecule has 0 saturated carbocycles. The highest BCUT2D eigenvalue weighted by atomic mass is 35.5. The molecular weight excluding hydrogens is 371 g/mol. The van der Waals surface area contributed by atoms with Crippen LogP contribution < -0.4 is 10.1 Å². The Kier molecular flexibility index (Phi) is 5.76. The lowest BCUT2D eigenvalue weighted by Crippen LogP contribution is -2.34. The second-order valence-electron chi connectivity index (χ2n) is 6.77. The lowest BCUT2D eigenvalue weighted by atomic mass is 9.89. The van der Waals surface area contributed by atoms with E-state index in [0.717, 1.165) is 19.6 Å². The quantitative estimate of drug-likeness (QED) is 0.863. The van der Waals surface area contributed by atoms with Gasteiger partial charge in [0.05, 0.1) is 13.2 Å². The molecular formula is C20H22Cl2N2O2. The number of carbonyl (C=O) groups excluding carboxylic acids is 1. The van der Waals surface area contributed by atoms with Crippen LogP contribution in [-0.2, 0) is 0 Å². The number of hydrogen-bond acceptors (Lipinski definition) is 3. The molecule has 0 bridgehead atoms. The zero-order valence-corrected chi connectivity index (χ0v) is 16.1. The summed E-state index contributed by atoms with van der Waals surface area (Å²) in [6, 6.07) is 15.6. The molecule has 2 aliphatic rings. The fraction of sp³-hybridized carbons (Fsp3) is 0.350. The first-order chi connectivity index (χ1) is 12.2. The van der Waals surface area contributed by atoms with Crippen LogP contribution in [-0.4, -0.2) is 37.6 Å². The van der Waals surface area contributed by atoms with Crippen molar-refractivity contribution in [2.24, 2.45) is 11.8 Å². The molecule has 26 heavy (non-hydrogen) atoms. The van der Waals surface area contributed by atoms with Crippen molar-refractivity contribution < 1.29 is 9.53 Å². The average Bonchev–Trinajstić information content (AvgIpc) is 3.22. The first-order valence-electron chi connectivity index (χ1n) is 8.58. The van der Waals surface area contributed by atoms with Gasteiger partial charge in [0.1, 0.15) is 5.75 Å². The van der Waals surface area contributed by atoms with Crippen molar-refractivity contribution in [1.82, 2.24) is 10.2 Å². The van der Waals surface area contributed by atoms with Crippen molar-refractivity contribution in [3.8, 4) is 5.75 Å². The molecule has 2 saturated heterocycles. The molecule has 2 heterocycles. The molecule has 0 unspecified atom stereocenters. The minimum Gasteiger partial charge on any atom is -0.497 e. The van der Waals surface area contributed by atoms with Gasteiger partial charge in [-0.3, -0.25) is 4.79 Å². The predicted octanol–water partition coefficient (Wildman–Crippen LogP) is 3.80. The van der Waals surface area contributed by atoms with Gasteiger partial charge in [0.15, 0.2) is 0 Å². The Morgan fingerprint density at radius 1 is 1.19 bits per heavy atom. The van der Waals surface area contributed by atoms with Crippen LogP contribution in [0.25, 0.3) is 0 Å². The molecule has 2 aromatic carbocycles. The SMILES string of the molecule is COc1cc(Cl)cc(C(=O)N2C[C@@H]3CNC[C@@H]3[C@@H]2c2ccccc2)c1.Cl. The van der Waals surface area contributed by atoms with E-state index in [2.05, 4.69) is 17.4 Å². The lowest BCUT2D eigenvalue weighted by Gasteiger charge is -2.28. The van der Waals surface area contributed by atoms with E-state index in [0.29, 0.717) is 28.2 Å². The Morgan fingerprint density at radius 3 is 2.69 bits per heavy atom. The molecule has 3 atom stereocenters. The van der Waals surface area contributed by atoms with E-state index >= 15 is 0 Å². The highest BCUT2D eigenvalue weighted by molar-refractivity contribution is 6.31. The van der Waals surface area contributed by atoms with Gasteiger partial charge in [0, 0.05) is 36.1 Å². The number of fused-ring (bicyclic) bond motifs is 1. The molecule has 0 aliphatic carbocycles. The van der Waals surface area contributed by atoms with Crippen LogP contribution in [0.15, 0.2) is 48.5 Å². The number of methoxy groups -OCH3 is 1. The molecule has 0 radical (unpaired) electrons. The Morgan fingerprint density at radius 2 is 1.96 bits per heavy atom. The molecule has 1 amide bonds. The highest BCUT2D eigenvalue weighted by Crippen LogP contribution is 2.43. The summed E-state index contributed by atoms with van der Waals surface area (Å²) in [5.41, 5.74) is 1.78. The summed E-state index contributed by atoms with van der Waals surface area (Å²) in [5.74, 6) is 1.57. The van der Waals surface area contributed by atoms with Gasteiger partial charge in [-0.25, -0.2) is 0 Å². The van der Waals surface area contributed by atoms with Crippen LogP contribution in [0.4, 0.5) is 0 Å². The van der Waals surface area contributed by atoms with E-state index in [1.807, 2.05) is 23.1 Å². The Labute approximate surface area is 164 Å². The fourth-order valence-corrected chi connectivity index (χ4v) is 4.40. The van der Waals surface area contributed by atoms with Gasteiger partial charge in [0.25, 0.3) is 5.91 Å². The third-order valence-electron chi connectivity index (χ3n) is 5.32. The summed E-state index contributed by atoms with van der Waals surface area (Å²) < 4.78 is 5.27. The summed E-state index contributed by atoms with van der Waals surface area (Å²) >= 11 is 6.17. The number of likely N-dealkylation sites (tertiary alicyclic amines) is 1. The molecule has 2 aromatic rings. The second kappa shape index (κ2) is 7.87. The summed E-state index contributed by atoms with van der Waals surface area (Å²) in [4.78, 5) is 15.3.